The molecule has 0 saturated heterocycles. The molecule has 90 valence electrons. The van der Waals surface area contributed by atoms with E-state index in [4.69, 9.17) is 11.6 Å². The number of aromatic nitrogens is 2. The van der Waals surface area contributed by atoms with Crippen LogP contribution in [-0.4, -0.2) is 15.7 Å². The van der Waals surface area contributed by atoms with Crippen molar-refractivity contribution in [1.29, 1.82) is 0 Å². The highest BCUT2D eigenvalue weighted by Gasteiger charge is 2.11. The lowest BCUT2D eigenvalue weighted by molar-refractivity contribution is 0.747. The summed E-state index contributed by atoms with van der Waals surface area (Å²) in [5.74, 6) is 2.26. The molecular weight excluding hydrogens is 240 g/mol. The normalized spacial score (nSPS) is 11.1. The minimum atomic E-state index is 0.323. The zero-order valence-electron chi connectivity index (χ0n) is 10.4. The molecule has 1 heterocycles. The van der Waals surface area contributed by atoms with Gasteiger partial charge in [0.15, 0.2) is 0 Å². The molecule has 0 radical (unpaired) electrons. The first-order valence-electron chi connectivity index (χ1n) is 5.73. The summed E-state index contributed by atoms with van der Waals surface area (Å²) in [4.78, 5) is 8.87. The molecule has 0 spiro atoms. The summed E-state index contributed by atoms with van der Waals surface area (Å²) in [5, 5.41) is 1.63. The maximum Gasteiger partial charge on any atom is 0.136 e. The van der Waals surface area contributed by atoms with Gasteiger partial charge in [-0.1, -0.05) is 38.8 Å². The van der Waals surface area contributed by atoms with Crippen molar-refractivity contribution in [3.63, 3.8) is 0 Å². The Morgan fingerprint density at radius 2 is 2.00 bits per heavy atom. The first kappa shape index (κ1) is 13.8. The van der Waals surface area contributed by atoms with Crippen LogP contribution in [0.15, 0.2) is 5.03 Å². The predicted molar refractivity (Wildman–Crippen MR) is 71.5 cm³/mol. The number of rotatable bonds is 5. The topological polar surface area (TPSA) is 25.8 Å². The number of hydrogen-bond donors (Lipinski definition) is 0. The lowest BCUT2D eigenvalue weighted by Crippen LogP contribution is -2.02. The fraction of sp³-hybridized carbons (Fsp3) is 0.667. The van der Waals surface area contributed by atoms with Crippen molar-refractivity contribution in [3.05, 3.63) is 16.5 Å². The zero-order chi connectivity index (χ0) is 12.1. The molecule has 0 aromatic carbocycles. The summed E-state index contributed by atoms with van der Waals surface area (Å²) in [5.41, 5.74) is 1.01. The van der Waals surface area contributed by atoms with E-state index in [2.05, 4.69) is 30.7 Å². The van der Waals surface area contributed by atoms with Crippen LogP contribution in [0.4, 0.5) is 0 Å². The van der Waals surface area contributed by atoms with Crippen LogP contribution in [0.5, 0.6) is 0 Å². The third-order valence-electron chi connectivity index (χ3n) is 2.31. The number of thioether (sulfide) groups is 1. The standard InChI is InChI=1S/C12H19ClN2S/c1-5-6-7-16-12-9(4)10(13)14-11(15-12)8(2)3/h8H,5-7H2,1-4H3. The highest BCUT2D eigenvalue weighted by Crippen LogP contribution is 2.27. The average Bonchev–Trinajstić information content (AvgIpc) is 2.24. The molecule has 0 aliphatic heterocycles. The Labute approximate surface area is 107 Å². The Morgan fingerprint density at radius 1 is 1.31 bits per heavy atom. The molecule has 0 bridgehead atoms. The first-order valence-corrected chi connectivity index (χ1v) is 7.09. The van der Waals surface area contributed by atoms with Gasteiger partial charge in [0.25, 0.3) is 0 Å². The number of unbranched alkanes of at least 4 members (excludes halogenated alkanes) is 1. The fourth-order valence-corrected chi connectivity index (χ4v) is 2.53. The SMILES string of the molecule is CCCCSc1nc(C(C)C)nc(Cl)c1C. The summed E-state index contributed by atoms with van der Waals surface area (Å²) in [6.07, 6.45) is 2.42. The monoisotopic (exact) mass is 258 g/mol. The second-order valence-corrected chi connectivity index (χ2v) is 5.60. The van der Waals surface area contributed by atoms with Gasteiger partial charge in [0.2, 0.25) is 0 Å². The van der Waals surface area contributed by atoms with Gasteiger partial charge in [0.1, 0.15) is 16.0 Å². The first-order chi connectivity index (χ1) is 7.56. The fourth-order valence-electron chi connectivity index (χ4n) is 1.20. The van der Waals surface area contributed by atoms with Crippen LogP contribution in [0.2, 0.25) is 5.15 Å². The van der Waals surface area contributed by atoms with Crippen molar-refractivity contribution < 1.29 is 0 Å². The number of halogens is 1. The van der Waals surface area contributed by atoms with E-state index >= 15 is 0 Å². The molecule has 1 aromatic heterocycles. The maximum atomic E-state index is 6.11. The number of nitrogens with zero attached hydrogens (tertiary/aromatic N) is 2. The summed E-state index contributed by atoms with van der Waals surface area (Å²) < 4.78 is 0. The van der Waals surface area contributed by atoms with Crippen LogP contribution in [0, 0.1) is 6.92 Å². The molecule has 2 nitrogen and oxygen atoms in total. The van der Waals surface area contributed by atoms with E-state index in [0.29, 0.717) is 11.1 Å². The van der Waals surface area contributed by atoms with Gasteiger partial charge in [0, 0.05) is 11.5 Å². The number of hydrogen-bond acceptors (Lipinski definition) is 3. The maximum absolute atomic E-state index is 6.11. The van der Waals surface area contributed by atoms with Crippen molar-refractivity contribution in [2.45, 2.75) is 51.5 Å². The van der Waals surface area contributed by atoms with Gasteiger partial charge in [-0.2, -0.15) is 0 Å². The van der Waals surface area contributed by atoms with E-state index in [1.54, 1.807) is 11.8 Å². The van der Waals surface area contributed by atoms with E-state index in [0.717, 1.165) is 22.2 Å². The second kappa shape index (κ2) is 6.45. The largest absolute Gasteiger partial charge is 0.226 e. The lowest BCUT2D eigenvalue weighted by Gasteiger charge is -2.10. The third kappa shape index (κ3) is 3.63. The molecule has 0 aliphatic carbocycles. The molecule has 0 fully saturated rings. The summed E-state index contributed by atoms with van der Waals surface area (Å²) in [6, 6.07) is 0. The van der Waals surface area contributed by atoms with E-state index < -0.39 is 0 Å². The Balaban J connectivity index is 2.88. The van der Waals surface area contributed by atoms with Crippen molar-refractivity contribution in [3.8, 4) is 0 Å². The van der Waals surface area contributed by atoms with Crippen molar-refractivity contribution in [2.24, 2.45) is 0 Å². The molecule has 0 atom stereocenters. The Hall–Kier alpha value is -0.280. The summed E-state index contributed by atoms with van der Waals surface area (Å²) in [6.45, 7) is 8.35. The molecular formula is C12H19ClN2S. The molecule has 0 unspecified atom stereocenters. The van der Waals surface area contributed by atoms with E-state index in [9.17, 15) is 0 Å². The molecule has 1 aromatic rings. The minimum absolute atomic E-state index is 0.323. The van der Waals surface area contributed by atoms with Crippen molar-refractivity contribution in [2.75, 3.05) is 5.75 Å². The van der Waals surface area contributed by atoms with Gasteiger partial charge in [-0.15, -0.1) is 11.8 Å². The minimum Gasteiger partial charge on any atom is -0.226 e. The van der Waals surface area contributed by atoms with Gasteiger partial charge in [-0.05, 0) is 19.1 Å². The van der Waals surface area contributed by atoms with Crippen LogP contribution < -0.4 is 0 Å². The highest BCUT2D eigenvalue weighted by molar-refractivity contribution is 7.99. The van der Waals surface area contributed by atoms with E-state index in [-0.39, 0.29) is 0 Å². The summed E-state index contributed by atoms with van der Waals surface area (Å²) >= 11 is 7.89. The van der Waals surface area contributed by atoms with Gasteiger partial charge in [0.05, 0.1) is 0 Å². The molecule has 4 heteroatoms. The van der Waals surface area contributed by atoms with Crippen molar-refractivity contribution in [1.82, 2.24) is 9.97 Å². The Morgan fingerprint density at radius 3 is 2.56 bits per heavy atom. The third-order valence-corrected chi connectivity index (χ3v) is 3.84. The van der Waals surface area contributed by atoms with Gasteiger partial charge in [-0.3, -0.25) is 0 Å². The predicted octanol–water partition coefficient (Wildman–Crippen LogP) is 4.45. The molecule has 0 aliphatic rings. The molecule has 0 saturated carbocycles. The molecule has 0 N–H and O–H groups in total. The molecule has 1 rings (SSSR count). The van der Waals surface area contributed by atoms with E-state index in [1.165, 1.54) is 12.8 Å². The smallest absolute Gasteiger partial charge is 0.136 e. The molecule has 0 amide bonds. The quantitative estimate of drug-likeness (QED) is 0.443. The average molecular weight is 259 g/mol. The highest BCUT2D eigenvalue weighted by atomic mass is 35.5. The van der Waals surface area contributed by atoms with E-state index in [1.807, 2.05) is 6.92 Å². The second-order valence-electron chi connectivity index (χ2n) is 4.16. The summed E-state index contributed by atoms with van der Waals surface area (Å²) in [7, 11) is 0. The van der Waals surface area contributed by atoms with Gasteiger partial charge < -0.3 is 0 Å². The van der Waals surface area contributed by atoms with Crippen LogP contribution in [-0.2, 0) is 0 Å². The van der Waals surface area contributed by atoms with Crippen LogP contribution in [0.25, 0.3) is 0 Å². The Kier molecular flexibility index (Phi) is 5.56. The Bertz CT molecular complexity index is 353. The molecule has 16 heavy (non-hydrogen) atoms. The lowest BCUT2D eigenvalue weighted by atomic mass is 10.2. The van der Waals surface area contributed by atoms with Crippen LogP contribution in [0.3, 0.4) is 0 Å². The van der Waals surface area contributed by atoms with Gasteiger partial charge in [-0.25, -0.2) is 9.97 Å². The van der Waals surface area contributed by atoms with Gasteiger partial charge >= 0.3 is 0 Å². The zero-order valence-corrected chi connectivity index (χ0v) is 12.0. The van der Waals surface area contributed by atoms with Crippen LogP contribution in [0.1, 0.15) is 50.9 Å². The van der Waals surface area contributed by atoms with Crippen LogP contribution >= 0.6 is 23.4 Å². The van der Waals surface area contributed by atoms with Crippen molar-refractivity contribution >= 4 is 23.4 Å².